The first-order chi connectivity index (χ1) is 33.6. The summed E-state index contributed by atoms with van der Waals surface area (Å²) < 4.78 is 0. The first-order valence-electron chi connectivity index (χ1n) is 24.0. The number of rotatable bonds is 32. The Morgan fingerprint density at radius 3 is 1.49 bits per heavy atom. The summed E-state index contributed by atoms with van der Waals surface area (Å²) in [5, 5.41) is 49.4. The van der Waals surface area contributed by atoms with Crippen molar-refractivity contribution in [2.75, 3.05) is 26.3 Å². The molecule has 15 N–H and O–H groups in total. The molecule has 0 unspecified atom stereocenters. The van der Waals surface area contributed by atoms with Crippen LogP contribution in [-0.4, -0.2) is 143 Å². The topological polar surface area (TPSA) is 363 Å². The molecule has 0 aliphatic heterocycles. The summed E-state index contributed by atoms with van der Waals surface area (Å²) in [6, 6.07) is 6.87. The van der Waals surface area contributed by atoms with Gasteiger partial charge in [0, 0.05) is 12.8 Å². The van der Waals surface area contributed by atoms with Crippen LogP contribution in [0.2, 0.25) is 0 Å². The van der Waals surface area contributed by atoms with E-state index in [-0.39, 0.29) is 25.2 Å². The molecular formula is C49H76N10O12. The SMILES string of the molecule is CC[C@H](C)[C@H](NC(=O)[C@H](Cc1ccccc1)NC(=O)[C@H](CC(C)C)NC(=O)CNC(=O)[C@H](Cc1ccccc1)NC(=O)[C@H](CO)NC(=O)[C@@H](NC(=O)[C@@H](N)CCCCN)C(C)C)C(=O)N[C@@H](CO)C(=O)O. The minimum atomic E-state index is -1.63. The van der Waals surface area contributed by atoms with Crippen LogP contribution in [0.25, 0.3) is 0 Å². The fourth-order valence-electron chi connectivity index (χ4n) is 7.19. The predicted molar refractivity (Wildman–Crippen MR) is 263 cm³/mol. The first-order valence-corrected chi connectivity index (χ1v) is 24.0. The van der Waals surface area contributed by atoms with Crippen molar-refractivity contribution in [2.24, 2.45) is 29.2 Å². The van der Waals surface area contributed by atoms with Crippen LogP contribution in [0, 0.1) is 17.8 Å². The lowest BCUT2D eigenvalue weighted by atomic mass is 9.96. The van der Waals surface area contributed by atoms with Crippen LogP contribution in [0.1, 0.15) is 84.8 Å². The molecule has 22 nitrogen and oxygen atoms in total. The highest BCUT2D eigenvalue weighted by Crippen LogP contribution is 2.13. The lowest BCUT2D eigenvalue weighted by Gasteiger charge is -2.28. The number of aliphatic carboxylic acids is 1. The van der Waals surface area contributed by atoms with Gasteiger partial charge in [0.25, 0.3) is 0 Å². The highest BCUT2D eigenvalue weighted by molar-refractivity contribution is 5.97. The molecular weight excluding hydrogens is 921 g/mol. The Hall–Kier alpha value is -6.49. The highest BCUT2D eigenvalue weighted by atomic mass is 16.4. The van der Waals surface area contributed by atoms with Gasteiger partial charge in [-0.15, -0.1) is 0 Å². The number of carbonyl (C=O) groups excluding carboxylic acids is 8. The number of aliphatic hydroxyl groups is 2. The van der Waals surface area contributed by atoms with E-state index in [1.807, 2.05) is 0 Å². The Labute approximate surface area is 415 Å². The molecule has 22 heteroatoms. The van der Waals surface area contributed by atoms with Crippen LogP contribution in [0.4, 0.5) is 0 Å². The summed E-state index contributed by atoms with van der Waals surface area (Å²) in [7, 11) is 0. The predicted octanol–water partition coefficient (Wildman–Crippen LogP) is -1.74. The van der Waals surface area contributed by atoms with E-state index in [9.17, 15) is 58.5 Å². The monoisotopic (exact) mass is 997 g/mol. The van der Waals surface area contributed by atoms with Crippen molar-refractivity contribution in [3.05, 3.63) is 71.8 Å². The minimum absolute atomic E-state index is 0.0467. The molecule has 0 heterocycles. The average Bonchev–Trinajstić information content (AvgIpc) is 3.33. The van der Waals surface area contributed by atoms with Crippen molar-refractivity contribution in [2.45, 2.75) is 135 Å². The van der Waals surface area contributed by atoms with Gasteiger partial charge in [0.05, 0.1) is 25.8 Å². The normalized spacial score (nSPS) is 15.0. The van der Waals surface area contributed by atoms with Gasteiger partial charge in [-0.25, -0.2) is 4.79 Å². The van der Waals surface area contributed by atoms with Gasteiger partial charge in [0.2, 0.25) is 47.3 Å². The lowest BCUT2D eigenvalue weighted by molar-refractivity contribution is -0.143. The number of carboxylic acid groups (broad SMARTS) is 1. The maximum absolute atomic E-state index is 14.0. The van der Waals surface area contributed by atoms with Crippen LogP contribution < -0.4 is 54.0 Å². The molecule has 0 bridgehead atoms. The van der Waals surface area contributed by atoms with Crippen molar-refractivity contribution < 1.29 is 58.5 Å². The van der Waals surface area contributed by atoms with Crippen LogP contribution in [0.15, 0.2) is 60.7 Å². The Morgan fingerprint density at radius 1 is 0.549 bits per heavy atom. The number of nitrogens with one attached hydrogen (secondary N) is 8. The molecule has 2 aromatic carbocycles. The van der Waals surface area contributed by atoms with E-state index in [1.165, 1.54) is 0 Å². The van der Waals surface area contributed by atoms with Crippen LogP contribution in [0.3, 0.4) is 0 Å². The third kappa shape index (κ3) is 21.6. The summed E-state index contributed by atoms with van der Waals surface area (Å²) in [6.45, 7) is 8.36. The first kappa shape index (κ1) is 60.6. The van der Waals surface area contributed by atoms with E-state index in [0.717, 1.165) is 0 Å². The van der Waals surface area contributed by atoms with Crippen molar-refractivity contribution >= 4 is 53.2 Å². The zero-order valence-electron chi connectivity index (χ0n) is 41.6. The van der Waals surface area contributed by atoms with E-state index >= 15 is 0 Å². The number of unbranched alkanes of at least 4 members (excludes halogenated alkanes) is 1. The zero-order chi connectivity index (χ0) is 53.2. The number of amides is 8. The van der Waals surface area contributed by atoms with Crippen LogP contribution in [-0.2, 0) is 56.0 Å². The van der Waals surface area contributed by atoms with Gasteiger partial charge < -0.3 is 69.3 Å². The number of nitrogens with two attached hydrogens (primary N) is 2. The molecule has 394 valence electrons. The third-order valence-electron chi connectivity index (χ3n) is 11.6. The second-order valence-corrected chi connectivity index (χ2v) is 18.3. The number of carbonyl (C=O) groups is 9. The van der Waals surface area contributed by atoms with Gasteiger partial charge in [-0.3, -0.25) is 38.4 Å². The van der Waals surface area contributed by atoms with Crippen molar-refractivity contribution in [1.29, 1.82) is 0 Å². The van der Waals surface area contributed by atoms with Crippen LogP contribution >= 0.6 is 0 Å². The summed E-state index contributed by atoms with van der Waals surface area (Å²) in [5.74, 6) is -8.95. The van der Waals surface area contributed by atoms with Crippen molar-refractivity contribution in [3.8, 4) is 0 Å². The van der Waals surface area contributed by atoms with E-state index in [2.05, 4.69) is 42.5 Å². The average molecular weight is 997 g/mol. The fourth-order valence-corrected chi connectivity index (χ4v) is 7.19. The molecule has 0 spiro atoms. The Bertz CT molecular complexity index is 2040. The molecule has 0 aromatic heterocycles. The Balaban J connectivity index is 2.28. The zero-order valence-corrected chi connectivity index (χ0v) is 41.6. The number of carboxylic acids is 1. The quantitative estimate of drug-likeness (QED) is 0.0362. The standard InChI is InChI=1S/C49H76N10O12/c1-7-30(6)41(48(69)57-38(27-61)49(70)71)59-45(66)36(24-32-18-12-9-13-19-32)55-44(65)34(22-28(2)3)53-39(62)25-52-43(64)35(23-31-16-10-8-11-17-31)54-46(67)37(26-60)56-47(68)40(29(4)5)58-42(63)33(51)20-14-15-21-50/h8-13,16-19,28-30,33-38,40-41,60-61H,7,14-15,20-27,50-51H2,1-6H3,(H,52,64)(H,53,62)(H,54,67)(H,55,65)(H,56,68)(H,57,69)(H,58,63)(H,59,66)(H,70,71)/t30-,33-,34-,35-,36-,37-,38-,40-,41-/m0/s1. The molecule has 0 saturated heterocycles. The molecule has 0 fully saturated rings. The molecule has 2 rings (SSSR count). The van der Waals surface area contributed by atoms with Gasteiger partial charge in [0.15, 0.2) is 0 Å². The lowest BCUT2D eigenvalue weighted by Crippen LogP contribution is -2.60. The van der Waals surface area contributed by atoms with Gasteiger partial charge in [-0.1, -0.05) is 115 Å². The Kier molecular flexibility index (Phi) is 27.1. The van der Waals surface area contributed by atoms with Gasteiger partial charge in [-0.05, 0) is 54.7 Å². The molecule has 2 aromatic rings. The fraction of sp³-hybridized carbons (Fsp3) is 0.571. The van der Waals surface area contributed by atoms with Crippen LogP contribution in [0.5, 0.6) is 0 Å². The molecule has 0 aliphatic carbocycles. The molecule has 0 saturated carbocycles. The van der Waals surface area contributed by atoms with E-state index in [4.69, 9.17) is 11.5 Å². The number of hydrogen-bond donors (Lipinski definition) is 13. The third-order valence-corrected chi connectivity index (χ3v) is 11.6. The second kappa shape index (κ2) is 31.7. The maximum atomic E-state index is 14.0. The molecule has 0 aliphatic rings. The Morgan fingerprint density at radius 2 is 1.01 bits per heavy atom. The number of aliphatic hydroxyl groups excluding tert-OH is 2. The van der Waals surface area contributed by atoms with Gasteiger partial charge >= 0.3 is 5.97 Å². The minimum Gasteiger partial charge on any atom is -0.480 e. The summed E-state index contributed by atoms with van der Waals surface area (Å²) >= 11 is 0. The molecule has 71 heavy (non-hydrogen) atoms. The van der Waals surface area contributed by atoms with E-state index in [1.54, 1.807) is 102 Å². The van der Waals surface area contributed by atoms with Gasteiger partial charge in [0.1, 0.15) is 42.3 Å². The van der Waals surface area contributed by atoms with Gasteiger partial charge in [-0.2, -0.15) is 0 Å². The maximum Gasteiger partial charge on any atom is 0.328 e. The van der Waals surface area contributed by atoms with Crippen molar-refractivity contribution in [3.63, 3.8) is 0 Å². The highest BCUT2D eigenvalue weighted by Gasteiger charge is 2.35. The summed E-state index contributed by atoms with van der Waals surface area (Å²) in [4.78, 5) is 120. The van der Waals surface area contributed by atoms with Crippen molar-refractivity contribution in [1.82, 2.24) is 42.5 Å². The summed E-state index contributed by atoms with van der Waals surface area (Å²) in [6.07, 6.45) is 1.95. The van der Waals surface area contributed by atoms with E-state index in [0.29, 0.717) is 43.4 Å². The largest absolute Gasteiger partial charge is 0.480 e. The molecule has 9 atom stereocenters. The number of hydrogen-bond acceptors (Lipinski definition) is 13. The smallest absolute Gasteiger partial charge is 0.328 e. The van der Waals surface area contributed by atoms with E-state index < -0.39 is 133 Å². The second-order valence-electron chi connectivity index (χ2n) is 18.3. The summed E-state index contributed by atoms with van der Waals surface area (Å²) in [5.41, 5.74) is 12.8. The molecule has 8 amide bonds. The number of benzene rings is 2. The molecule has 0 radical (unpaired) electrons.